The lowest BCUT2D eigenvalue weighted by molar-refractivity contribution is 0.560. The molecule has 2 aromatic carbocycles. The molecule has 0 aliphatic carbocycles. The van der Waals surface area contributed by atoms with Gasteiger partial charge in [-0.25, -0.2) is 9.82 Å². The van der Waals surface area contributed by atoms with Crippen molar-refractivity contribution in [3.63, 3.8) is 0 Å². The van der Waals surface area contributed by atoms with Crippen LogP contribution in [0.5, 0.6) is 0 Å². The number of hydrogen-bond donors (Lipinski definition) is 2. The van der Waals surface area contributed by atoms with E-state index in [1.54, 1.807) is 6.07 Å². The molecule has 0 fully saturated rings. The molecule has 2 nitrogen and oxygen atoms in total. The Labute approximate surface area is 117 Å². The van der Waals surface area contributed by atoms with Gasteiger partial charge >= 0.3 is 0 Å². The van der Waals surface area contributed by atoms with Crippen molar-refractivity contribution in [1.82, 2.24) is 5.43 Å². The topological polar surface area (TPSA) is 38.0 Å². The molecule has 3 N–H and O–H groups in total. The van der Waals surface area contributed by atoms with E-state index in [0.29, 0.717) is 10.6 Å². The Balaban J connectivity index is 2.52. The third-order valence-corrected chi connectivity index (χ3v) is 3.25. The summed E-state index contributed by atoms with van der Waals surface area (Å²) in [7, 11) is 0. The molecular formula is C15H16ClFN2. The summed E-state index contributed by atoms with van der Waals surface area (Å²) in [6.45, 7) is 4.00. The molecule has 2 rings (SSSR count). The van der Waals surface area contributed by atoms with Gasteiger partial charge in [-0.3, -0.25) is 5.84 Å². The molecule has 0 heterocycles. The summed E-state index contributed by atoms with van der Waals surface area (Å²) in [5.74, 6) is 5.27. The van der Waals surface area contributed by atoms with E-state index in [2.05, 4.69) is 11.5 Å². The molecular weight excluding hydrogens is 263 g/mol. The van der Waals surface area contributed by atoms with Crippen LogP contribution < -0.4 is 11.3 Å². The van der Waals surface area contributed by atoms with Gasteiger partial charge in [-0.1, -0.05) is 40.9 Å². The first-order chi connectivity index (χ1) is 9.01. The normalized spacial score (nSPS) is 12.5. The van der Waals surface area contributed by atoms with Crippen LogP contribution in [0.3, 0.4) is 0 Å². The third kappa shape index (κ3) is 3.13. The van der Waals surface area contributed by atoms with Crippen LogP contribution in [0.4, 0.5) is 4.39 Å². The van der Waals surface area contributed by atoms with Gasteiger partial charge in [0, 0.05) is 10.6 Å². The number of nitrogens with two attached hydrogens (primary N) is 1. The van der Waals surface area contributed by atoms with Crippen LogP contribution in [0.1, 0.15) is 28.3 Å². The van der Waals surface area contributed by atoms with Crippen LogP contribution >= 0.6 is 11.6 Å². The van der Waals surface area contributed by atoms with Gasteiger partial charge in [0.1, 0.15) is 5.82 Å². The first-order valence-corrected chi connectivity index (χ1v) is 6.38. The van der Waals surface area contributed by atoms with Gasteiger partial charge in [-0.05, 0) is 37.6 Å². The van der Waals surface area contributed by atoms with Crippen molar-refractivity contribution in [2.45, 2.75) is 19.9 Å². The Morgan fingerprint density at radius 2 is 1.74 bits per heavy atom. The maximum atomic E-state index is 13.9. The van der Waals surface area contributed by atoms with E-state index in [0.717, 1.165) is 16.7 Å². The largest absolute Gasteiger partial charge is 0.271 e. The Kier molecular flexibility index (Phi) is 4.20. The van der Waals surface area contributed by atoms with E-state index in [9.17, 15) is 4.39 Å². The number of rotatable bonds is 3. The van der Waals surface area contributed by atoms with E-state index < -0.39 is 6.04 Å². The highest BCUT2D eigenvalue weighted by atomic mass is 35.5. The van der Waals surface area contributed by atoms with Gasteiger partial charge in [0.15, 0.2) is 0 Å². The lowest BCUT2D eigenvalue weighted by Gasteiger charge is -2.19. The predicted molar refractivity (Wildman–Crippen MR) is 76.5 cm³/mol. The second-order valence-electron chi connectivity index (χ2n) is 4.69. The average molecular weight is 279 g/mol. The van der Waals surface area contributed by atoms with Crippen LogP contribution in [0.15, 0.2) is 36.4 Å². The van der Waals surface area contributed by atoms with E-state index in [4.69, 9.17) is 17.4 Å². The Hall–Kier alpha value is -1.42. The fraction of sp³-hybridized carbons (Fsp3) is 0.200. The summed E-state index contributed by atoms with van der Waals surface area (Å²) in [5, 5.41) is 0.487. The molecule has 0 spiro atoms. The Morgan fingerprint density at radius 1 is 1.11 bits per heavy atom. The SMILES string of the molecule is Cc1cc(C)cc(C(NN)c2cc(Cl)ccc2F)c1. The van der Waals surface area contributed by atoms with Crippen molar-refractivity contribution < 1.29 is 4.39 Å². The molecule has 0 saturated carbocycles. The third-order valence-electron chi connectivity index (χ3n) is 3.01. The van der Waals surface area contributed by atoms with Crippen molar-refractivity contribution in [2.24, 2.45) is 5.84 Å². The predicted octanol–water partition coefficient (Wildman–Crippen LogP) is 3.65. The second kappa shape index (κ2) is 5.70. The summed E-state index contributed by atoms with van der Waals surface area (Å²) in [4.78, 5) is 0. The molecule has 100 valence electrons. The zero-order valence-corrected chi connectivity index (χ0v) is 11.6. The Morgan fingerprint density at radius 3 is 2.32 bits per heavy atom. The molecule has 1 unspecified atom stereocenters. The fourth-order valence-corrected chi connectivity index (χ4v) is 2.46. The molecule has 0 aliphatic heterocycles. The molecule has 1 atom stereocenters. The van der Waals surface area contributed by atoms with Crippen LogP contribution in [-0.4, -0.2) is 0 Å². The van der Waals surface area contributed by atoms with Crippen LogP contribution in [0.25, 0.3) is 0 Å². The van der Waals surface area contributed by atoms with Gasteiger partial charge in [-0.2, -0.15) is 0 Å². The second-order valence-corrected chi connectivity index (χ2v) is 5.12. The molecule has 0 bridgehead atoms. The highest BCUT2D eigenvalue weighted by Crippen LogP contribution is 2.27. The number of nitrogens with one attached hydrogen (secondary N) is 1. The van der Waals surface area contributed by atoms with E-state index in [1.807, 2.05) is 26.0 Å². The maximum absolute atomic E-state index is 13.9. The minimum atomic E-state index is -0.419. The van der Waals surface area contributed by atoms with Gasteiger partial charge in [0.05, 0.1) is 6.04 Å². The maximum Gasteiger partial charge on any atom is 0.128 e. The van der Waals surface area contributed by atoms with E-state index in [-0.39, 0.29) is 5.82 Å². The molecule has 0 radical (unpaired) electrons. The van der Waals surface area contributed by atoms with Gasteiger partial charge in [0.25, 0.3) is 0 Å². The monoisotopic (exact) mass is 278 g/mol. The molecule has 0 aliphatic rings. The highest BCUT2D eigenvalue weighted by molar-refractivity contribution is 6.30. The molecule has 2 aromatic rings. The first kappa shape index (κ1) is 14.0. The zero-order chi connectivity index (χ0) is 14.0. The summed E-state index contributed by atoms with van der Waals surface area (Å²) in [6.07, 6.45) is 0. The lowest BCUT2D eigenvalue weighted by atomic mass is 9.96. The summed E-state index contributed by atoms with van der Waals surface area (Å²) in [6, 6.07) is 10.1. The minimum Gasteiger partial charge on any atom is -0.271 e. The van der Waals surface area contributed by atoms with Crippen LogP contribution in [0, 0.1) is 19.7 Å². The highest BCUT2D eigenvalue weighted by Gasteiger charge is 2.17. The van der Waals surface area contributed by atoms with Crippen LogP contribution in [0.2, 0.25) is 5.02 Å². The number of halogens is 2. The van der Waals surface area contributed by atoms with E-state index in [1.165, 1.54) is 12.1 Å². The van der Waals surface area contributed by atoms with Gasteiger partial charge in [0.2, 0.25) is 0 Å². The van der Waals surface area contributed by atoms with Crippen molar-refractivity contribution in [2.75, 3.05) is 0 Å². The molecule has 0 amide bonds. The molecule has 0 saturated heterocycles. The smallest absolute Gasteiger partial charge is 0.128 e. The lowest BCUT2D eigenvalue weighted by Crippen LogP contribution is -2.29. The summed E-state index contributed by atoms with van der Waals surface area (Å²) in [5.41, 5.74) is 6.24. The number of aryl methyl sites for hydroxylation is 2. The average Bonchev–Trinajstić information content (AvgIpc) is 2.33. The summed E-state index contributed by atoms with van der Waals surface area (Å²) >= 11 is 5.93. The van der Waals surface area contributed by atoms with Crippen molar-refractivity contribution in [3.05, 3.63) is 69.5 Å². The minimum absolute atomic E-state index is 0.327. The molecule has 4 heteroatoms. The number of hydrogen-bond acceptors (Lipinski definition) is 2. The van der Waals surface area contributed by atoms with E-state index >= 15 is 0 Å². The summed E-state index contributed by atoms with van der Waals surface area (Å²) < 4.78 is 13.9. The number of benzene rings is 2. The standard InChI is InChI=1S/C15H16ClFN2/c1-9-5-10(2)7-11(6-9)15(19-18)13-8-12(16)3-4-14(13)17/h3-8,15,19H,18H2,1-2H3. The fourth-order valence-electron chi connectivity index (χ4n) is 2.28. The first-order valence-electron chi connectivity index (χ1n) is 6.00. The van der Waals surface area contributed by atoms with Crippen molar-refractivity contribution in [3.8, 4) is 0 Å². The zero-order valence-electron chi connectivity index (χ0n) is 10.9. The van der Waals surface area contributed by atoms with Crippen molar-refractivity contribution in [1.29, 1.82) is 0 Å². The quantitative estimate of drug-likeness (QED) is 0.664. The van der Waals surface area contributed by atoms with Gasteiger partial charge in [-0.15, -0.1) is 0 Å². The van der Waals surface area contributed by atoms with Crippen molar-refractivity contribution >= 4 is 11.6 Å². The molecule has 19 heavy (non-hydrogen) atoms. The number of hydrazine groups is 1. The van der Waals surface area contributed by atoms with Gasteiger partial charge < -0.3 is 0 Å². The Bertz CT molecular complexity index is 578. The molecule has 0 aromatic heterocycles. The van der Waals surface area contributed by atoms with Crippen LogP contribution in [-0.2, 0) is 0 Å².